The van der Waals surface area contributed by atoms with Crippen LogP contribution in [0.2, 0.25) is 0 Å². The maximum absolute atomic E-state index is 6.71. The molecule has 0 radical (unpaired) electrons. The molecule has 1 atom stereocenters. The van der Waals surface area contributed by atoms with Crippen molar-refractivity contribution >= 4 is 60.9 Å². The molecule has 0 aliphatic heterocycles. The fourth-order valence-corrected chi connectivity index (χ4v) is 11.2. The first kappa shape index (κ1) is 35.2. The van der Waals surface area contributed by atoms with Crippen LogP contribution in [0.3, 0.4) is 0 Å². The third-order valence-electron chi connectivity index (χ3n) is 13.9. The highest BCUT2D eigenvalue weighted by atomic mass is 16.3. The van der Waals surface area contributed by atoms with Gasteiger partial charge in [0.2, 0.25) is 0 Å². The molecule has 0 N–H and O–H groups in total. The van der Waals surface area contributed by atoms with Crippen LogP contribution in [-0.4, -0.2) is 0 Å². The third-order valence-corrected chi connectivity index (χ3v) is 13.9. The molecule has 2 aromatic heterocycles. The highest BCUT2D eigenvalue weighted by Gasteiger charge is 2.50. The molecule has 3 nitrogen and oxygen atoms in total. The molecule has 64 heavy (non-hydrogen) atoms. The average molecular weight is 816 g/mol. The summed E-state index contributed by atoms with van der Waals surface area (Å²) in [4.78, 5) is 2.44. The molecule has 12 aromatic rings. The number of hydrogen-bond donors (Lipinski definition) is 0. The molecule has 2 aliphatic carbocycles. The lowest BCUT2D eigenvalue weighted by Gasteiger charge is -2.36. The molecule has 1 spiro atoms. The maximum Gasteiger partial charge on any atom is 0.135 e. The molecule has 0 saturated carbocycles. The Labute approximate surface area is 369 Å². The van der Waals surface area contributed by atoms with Crippen LogP contribution in [0.15, 0.2) is 233 Å². The molecule has 2 aliphatic rings. The highest BCUT2D eigenvalue weighted by Crippen LogP contribution is 2.63. The van der Waals surface area contributed by atoms with E-state index >= 15 is 0 Å². The van der Waals surface area contributed by atoms with Crippen LogP contribution >= 0.6 is 0 Å². The standard InChI is InChI=1S/C61H37NO2/c1-2-16-38(17-3-1)41-18-8-13-27-56(41)62(40-31-33-59-50(35-40)46-23-9-14-28-57(46)63-59)39-30-32-54-48(34-39)43-20-5-4-19-42(43)44-21-6-11-25-52(44)61(54)53-26-12-7-22-45(53)49-36-51-47-24-10-15-29-58(47)64-60(51)37-55(49)61/h1-37H. The summed E-state index contributed by atoms with van der Waals surface area (Å²) in [5, 5.41) is 4.45. The normalized spacial score (nSPS) is 14.6. The quantitative estimate of drug-likeness (QED) is 0.177. The summed E-state index contributed by atoms with van der Waals surface area (Å²) in [6.07, 6.45) is 0. The van der Waals surface area contributed by atoms with Crippen molar-refractivity contribution < 1.29 is 8.83 Å². The monoisotopic (exact) mass is 815 g/mol. The van der Waals surface area contributed by atoms with Crippen molar-refractivity contribution in [2.24, 2.45) is 0 Å². The lowest BCUT2D eigenvalue weighted by Crippen LogP contribution is -2.29. The first-order valence-electron chi connectivity index (χ1n) is 22.0. The molecule has 0 fully saturated rings. The van der Waals surface area contributed by atoms with E-state index in [1.165, 1.54) is 55.6 Å². The van der Waals surface area contributed by atoms with Crippen LogP contribution in [0.1, 0.15) is 22.3 Å². The van der Waals surface area contributed by atoms with Gasteiger partial charge in [-0.05, 0) is 122 Å². The van der Waals surface area contributed by atoms with E-state index in [1.54, 1.807) is 0 Å². The summed E-state index contributed by atoms with van der Waals surface area (Å²) >= 11 is 0. The number of hydrogen-bond acceptors (Lipinski definition) is 3. The Balaban J connectivity index is 1.09. The van der Waals surface area contributed by atoms with E-state index in [0.717, 1.165) is 72.1 Å². The van der Waals surface area contributed by atoms with E-state index in [0.29, 0.717) is 0 Å². The molecule has 3 heteroatoms. The third kappa shape index (κ3) is 4.81. The van der Waals surface area contributed by atoms with Gasteiger partial charge in [0.05, 0.1) is 11.1 Å². The van der Waals surface area contributed by atoms with Crippen LogP contribution in [0.25, 0.3) is 88.4 Å². The van der Waals surface area contributed by atoms with E-state index in [1.807, 2.05) is 12.1 Å². The topological polar surface area (TPSA) is 29.5 Å². The first-order chi connectivity index (χ1) is 31.7. The minimum absolute atomic E-state index is 0.663. The zero-order valence-corrected chi connectivity index (χ0v) is 34.6. The number of para-hydroxylation sites is 3. The number of nitrogens with zero attached hydrogens (tertiary/aromatic N) is 1. The van der Waals surface area contributed by atoms with Crippen LogP contribution in [0.5, 0.6) is 0 Å². The Morgan fingerprint density at radius 2 is 0.766 bits per heavy atom. The van der Waals surface area contributed by atoms with Gasteiger partial charge in [0.1, 0.15) is 22.3 Å². The lowest BCUT2D eigenvalue weighted by molar-refractivity contribution is 0.666. The Kier molecular flexibility index (Phi) is 7.32. The molecule has 298 valence electrons. The van der Waals surface area contributed by atoms with Crippen molar-refractivity contribution in [2.45, 2.75) is 5.41 Å². The van der Waals surface area contributed by atoms with Crippen molar-refractivity contribution in [1.82, 2.24) is 0 Å². The number of fused-ring (bicyclic) bond motifs is 18. The SMILES string of the molecule is c1ccc(-c2ccccc2N(c2ccc3c(c2)-c2ccccc2-c2ccccc2C32c3ccccc3-c3cc4c(cc32)oc2ccccc24)c2ccc3oc4ccccc4c3c2)cc1. The van der Waals surface area contributed by atoms with Crippen molar-refractivity contribution in [1.29, 1.82) is 0 Å². The molecular formula is C61H37NO2. The number of rotatable bonds is 4. The predicted molar refractivity (Wildman–Crippen MR) is 263 cm³/mol. The summed E-state index contributed by atoms with van der Waals surface area (Å²) < 4.78 is 13.1. The minimum atomic E-state index is -0.663. The van der Waals surface area contributed by atoms with Gasteiger partial charge >= 0.3 is 0 Å². The Morgan fingerprint density at radius 3 is 1.50 bits per heavy atom. The van der Waals surface area contributed by atoms with Crippen LogP contribution in [0, 0.1) is 0 Å². The number of furan rings is 2. The van der Waals surface area contributed by atoms with E-state index in [-0.39, 0.29) is 0 Å². The van der Waals surface area contributed by atoms with E-state index in [9.17, 15) is 0 Å². The van der Waals surface area contributed by atoms with Gasteiger partial charge in [-0.3, -0.25) is 0 Å². The van der Waals surface area contributed by atoms with Gasteiger partial charge < -0.3 is 13.7 Å². The minimum Gasteiger partial charge on any atom is -0.456 e. The summed E-state index contributed by atoms with van der Waals surface area (Å²) in [6, 6.07) is 81.9. The van der Waals surface area contributed by atoms with Crippen molar-refractivity contribution in [3.8, 4) is 44.5 Å². The highest BCUT2D eigenvalue weighted by molar-refractivity contribution is 6.10. The zero-order chi connectivity index (χ0) is 41.9. The van der Waals surface area contributed by atoms with Gasteiger partial charge in [0.15, 0.2) is 0 Å². The van der Waals surface area contributed by atoms with E-state index < -0.39 is 5.41 Å². The van der Waals surface area contributed by atoms with Gasteiger partial charge in [-0.25, -0.2) is 0 Å². The molecule has 1 unspecified atom stereocenters. The van der Waals surface area contributed by atoms with Gasteiger partial charge in [-0.1, -0.05) is 164 Å². The van der Waals surface area contributed by atoms with E-state index in [4.69, 9.17) is 8.83 Å². The van der Waals surface area contributed by atoms with Gasteiger partial charge in [-0.15, -0.1) is 0 Å². The largest absolute Gasteiger partial charge is 0.456 e. The summed E-state index contributed by atoms with van der Waals surface area (Å²) in [6.45, 7) is 0. The molecule has 10 aromatic carbocycles. The Bertz CT molecular complexity index is 3870. The molecular weight excluding hydrogens is 779 g/mol. The molecule has 0 saturated heterocycles. The predicted octanol–water partition coefficient (Wildman–Crippen LogP) is 16.6. The van der Waals surface area contributed by atoms with Crippen molar-refractivity contribution in [3.05, 3.63) is 247 Å². The fraction of sp³-hybridized carbons (Fsp3) is 0.0164. The molecule has 0 bridgehead atoms. The second kappa shape index (κ2) is 13.3. The second-order valence-electron chi connectivity index (χ2n) is 17.1. The Morgan fingerprint density at radius 1 is 0.281 bits per heavy atom. The molecule has 14 rings (SSSR count). The number of benzene rings is 10. The fourth-order valence-electron chi connectivity index (χ4n) is 11.2. The zero-order valence-electron chi connectivity index (χ0n) is 34.6. The molecule has 0 amide bonds. The first-order valence-corrected chi connectivity index (χ1v) is 22.0. The average Bonchev–Trinajstić information content (AvgIpc) is 3.99. The summed E-state index contributed by atoms with van der Waals surface area (Å²) in [5.41, 5.74) is 20.7. The Hall–Kier alpha value is -8.40. The van der Waals surface area contributed by atoms with Crippen LogP contribution in [-0.2, 0) is 5.41 Å². The van der Waals surface area contributed by atoms with Crippen LogP contribution in [0.4, 0.5) is 17.1 Å². The van der Waals surface area contributed by atoms with Gasteiger partial charge in [-0.2, -0.15) is 0 Å². The van der Waals surface area contributed by atoms with Crippen LogP contribution < -0.4 is 4.90 Å². The smallest absolute Gasteiger partial charge is 0.135 e. The van der Waals surface area contributed by atoms with Gasteiger partial charge in [0, 0.05) is 38.5 Å². The van der Waals surface area contributed by atoms with Crippen molar-refractivity contribution in [3.63, 3.8) is 0 Å². The lowest BCUT2D eigenvalue weighted by atomic mass is 9.66. The number of anilines is 3. The summed E-state index contributed by atoms with van der Waals surface area (Å²) in [7, 11) is 0. The second-order valence-corrected chi connectivity index (χ2v) is 17.1. The molecule has 2 heterocycles. The van der Waals surface area contributed by atoms with E-state index in [2.05, 4.69) is 217 Å². The van der Waals surface area contributed by atoms with Gasteiger partial charge in [0.25, 0.3) is 0 Å². The van der Waals surface area contributed by atoms with Crippen molar-refractivity contribution in [2.75, 3.05) is 4.90 Å². The summed E-state index contributed by atoms with van der Waals surface area (Å²) in [5.74, 6) is 0. The maximum atomic E-state index is 6.71.